The monoisotopic (exact) mass is 290 g/mol. The lowest BCUT2D eigenvalue weighted by Crippen LogP contribution is -2.37. The van der Waals surface area contributed by atoms with Crippen LogP contribution in [0.4, 0.5) is 4.39 Å². The van der Waals surface area contributed by atoms with E-state index in [1.165, 1.54) is 12.1 Å². The van der Waals surface area contributed by atoms with Gasteiger partial charge in [-0.05, 0) is 47.0 Å². The Labute approximate surface area is 104 Å². The fraction of sp³-hybridized carbons (Fsp3) is 0.500. The van der Waals surface area contributed by atoms with Gasteiger partial charge >= 0.3 is 0 Å². The fourth-order valence-corrected chi connectivity index (χ4v) is 1.32. The molecule has 0 bridgehead atoms. The second-order valence-corrected chi connectivity index (χ2v) is 5.23. The Kier molecular flexibility index (Phi) is 4.33. The summed E-state index contributed by atoms with van der Waals surface area (Å²) in [5, 5.41) is 9.97. The maximum absolute atomic E-state index is 12.9. The first-order chi connectivity index (χ1) is 7.33. The van der Waals surface area contributed by atoms with Crippen molar-refractivity contribution in [1.29, 1.82) is 0 Å². The van der Waals surface area contributed by atoms with E-state index in [1.54, 1.807) is 13.0 Å². The number of hydrogen-bond acceptors (Lipinski definition) is 2. The molecule has 2 nitrogen and oxygen atoms in total. The van der Waals surface area contributed by atoms with Gasteiger partial charge in [0.15, 0.2) is 0 Å². The number of hydrogen-bond donors (Lipinski definition) is 1. The first-order valence-corrected chi connectivity index (χ1v) is 5.92. The molecule has 90 valence electrons. The summed E-state index contributed by atoms with van der Waals surface area (Å²) in [5.41, 5.74) is -0.888. The van der Waals surface area contributed by atoms with Crippen LogP contribution in [0.1, 0.15) is 20.8 Å². The van der Waals surface area contributed by atoms with Crippen molar-refractivity contribution in [3.05, 3.63) is 28.5 Å². The number of rotatable bonds is 4. The normalized spacial score (nSPS) is 14.9. The minimum absolute atomic E-state index is 0.0939. The van der Waals surface area contributed by atoms with Gasteiger partial charge in [-0.3, -0.25) is 0 Å². The van der Waals surface area contributed by atoms with E-state index >= 15 is 0 Å². The molecule has 1 N–H and O–H groups in total. The Bertz CT molecular complexity index is 364. The van der Waals surface area contributed by atoms with Crippen molar-refractivity contribution >= 4 is 15.9 Å². The van der Waals surface area contributed by atoms with Gasteiger partial charge in [0.1, 0.15) is 18.2 Å². The van der Waals surface area contributed by atoms with Crippen LogP contribution in [0.3, 0.4) is 0 Å². The summed E-state index contributed by atoms with van der Waals surface area (Å²) in [4.78, 5) is 0. The standard InChI is InChI=1S/C12H16BrFO2/c1-8(2)12(3,15)7-16-9-4-5-11(14)10(13)6-9/h4-6,8,15H,7H2,1-3H3. The van der Waals surface area contributed by atoms with E-state index in [1.807, 2.05) is 13.8 Å². The summed E-state index contributed by atoms with van der Waals surface area (Å²) in [5.74, 6) is 0.300. The highest BCUT2D eigenvalue weighted by atomic mass is 79.9. The molecule has 0 saturated heterocycles. The smallest absolute Gasteiger partial charge is 0.137 e. The van der Waals surface area contributed by atoms with Crippen LogP contribution in [0.2, 0.25) is 0 Å². The Hall–Kier alpha value is -0.610. The largest absolute Gasteiger partial charge is 0.491 e. The third-order valence-electron chi connectivity index (χ3n) is 2.67. The lowest BCUT2D eigenvalue weighted by Gasteiger charge is -2.27. The quantitative estimate of drug-likeness (QED) is 0.921. The summed E-state index contributed by atoms with van der Waals surface area (Å²) >= 11 is 3.08. The number of halogens is 2. The van der Waals surface area contributed by atoms with Gasteiger partial charge in [-0.2, -0.15) is 0 Å². The fourth-order valence-electron chi connectivity index (χ4n) is 0.963. The van der Waals surface area contributed by atoms with E-state index in [2.05, 4.69) is 15.9 Å². The summed E-state index contributed by atoms with van der Waals surface area (Å²) in [6, 6.07) is 4.41. The second-order valence-electron chi connectivity index (χ2n) is 4.38. The van der Waals surface area contributed by atoms with Crippen molar-refractivity contribution in [2.24, 2.45) is 5.92 Å². The first-order valence-electron chi connectivity index (χ1n) is 5.13. The molecule has 1 unspecified atom stereocenters. The van der Waals surface area contributed by atoms with Crippen molar-refractivity contribution in [3.63, 3.8) is 0 Å². The molecule has 0 fully saturated rings. The molecule has 1 aromatic rings. The van der Waals surface area contributed by atoms with Crippen molar-refractivity contribution in [2.45, 2.75) is 26.4 Å². The average Bonchev–Trinajstić information content (AvgIpc) is 2.20. The van der Waals surface area contributed by atoms with Crippen molar-refractivity contribution in [3.8, 4) is 5.75 Å². The molecular formula is C12H16BrFO2. The molecule has 1 rings (SSSR count). The van der Waals surface area contributed by atoms with E-state index in [0.29, 0.717) is 10.2 Å². The van der Waals surface area contributed by atoms with E-state index in [-0.39, 0.29) is 18.3 Å². The van der Waals surface area contributed by atoms with Crippen LogP contribution in [0.5, 0.6) is 5.75 Å². The minimum atomic E-state index is -0.888. The zero-order valence-corrected chi connectivity index (χ0v) is 11.2. The van der Waals surface area contributed by atoms with Gasteiger partial charge in [-0.25, -0.2) is 4.39 Å². The topological polar surface area (TPSA) is 29.5 Å². The molecule has 0 radical (unpaired) electrons. The highest BCUT2D eigenvalue weighted by molar-refractivity contribution is 9.10. The second kappa shape index (κ2) is 5.15. The maximum atomic E-state index is 12.9. The van der Waals surface area contributed by atoms with Gasteiger partial charge in [0, 0.05) is 0 Å². The Morgan fingerprint density at radius 3 is 2.62 bits per heavy atom. The molecule has 0 aromatic heterocycles. The van der Waals surface area contributed by atoms with Gasteiger partial charge in [0.25, 0.3) is 0 Å². The van der Waals surface area contributed by atoms with E-state index in [0.717, 1.165) is 0 Å². The summed E-state index contributed by atoms with van der Waals surface area (Å²) in [7, 11) is 0. The van der Waals surface area contributed by atoms with Crippen molar-refractivity contribution < 1.29 is 14.2 Å². The summed E-state index contributed by atoms with van der Waals surface area (Å²) < 4.78 is 18.7. The highest BCUT2D eigenvalue weighted by Crippen LogP contribution is 2.23. The van der Waals surface area contributed by atoms with Crippen molar-refractivity contribution in [1.82, 2.24) is 0 Å². The van der Waals surface area contributed by atoms with Crippen LogP contribution >= 0.6 is 15.9 Å². The molecule has 0 amide bonds. The predicted octanol–water partition coefficient (Wildman–Crippen LogP) is 3.37. The lowest BCUT2D eigenvalue weighted by atomic mass is 9.94. The highest BCUT2D eigenvalue weighted by Gasteiger charge is 2.25. The number of benzene rings is 1. The van der Waals surface area contributed by atoms with Gasteiger partial charge in [-0.1, -0.05) is 13.8 Å². The van der Waals surface area contributed by atoms with E-state index in [4.69, 9.17) is 4.74 Å². The molecule has 1 atom stereocenters. The van der Waals surface area contributed by atoms with E-state index in [9.17, 15) is 9.50 Å². The third-order valence-corrected chi connectivity index (χ3v) is 3.27. The zero-order chi connectivity index (χ0) is 12.3. The number of aliphatic hydroxyl groups is 1. The minimum Gasteiger partial charge on any atom is -0.491 e. The van der Waals surface area contributed by atoms with E-state index < -0.39 is 5.60 Å². The van der Waals surface area contributed by atoms with Gasteiger partial charge < -0.3 is 9.84 Å². The van der Waals surface area contributed by atoms with Crippen LogP contribution in [0, 0.1) is 11.7 Å². The molecule has 0 aliphatic rings. The van der Waals surface area contributed by atoms with Crippen LogP contribution in [-0.4, -0.2) is 17.3 Å². The molecule has 0 aliphatic heterocycles. The van der Waals surface area contributed by atoms with Crippen LogP contribution in [-0.2, 0) is 0 Å². The van der Waals surface area contributed by atoms with Gasteiger partial charge in [0.05, 0.1) is 10.1 Å². The molecule has 4 heteroatoms. The van der Waals surface area contributed by atoms with Crippen LogP contribution in [0.15, 0.2) is 22.7 Å². The molecule has 16 heavy (non-hydrogen) atoms. The van der Waals surface area contributed by atoms with Crippen LogP contribution in [0.25, 0.3) is 0 Å². The molecular weight excluding hydrogens is 275 g/mol. The Morgan fingerprint density at radius 2 is 2.12 bits per heavy atom. The Balaban J connectivity index is 2.65. The molecule has 1 aromatic carbocycles. The first kappa shape index (κ1) is 13.5. The average molecular weight is 291 g/mol. The SMILES string of the molecule is CC(C)C(C)(O)COc1ccc(F)c(Br)c1. The third kappa shape index (κ3) is 3.46. The summed E-state index contributed by atoms with van der Waals surface area (Å²) in [6.45, 7) is 5.74. The molecule has 0 spiro atoms. The van der Waals surface area contributed by atoms with Crippen molar-refractivity contribution in [2.75, 3.05) is 6.61 Å². The maximum Gasteiger partial charge on any atom is 0.137 e. The van der Waals surface area contributed by atoms with Gasteiger partial charge in [-0.15, -0.1) is 0 Å². The lowest BCUT2D eigenvalue weighted by molar-refractivity contribution is -0.0266. The molecule has 0 aliphatic carbocycles. The van der Waals surface area contributed by atoms with Crippen LogP contribution < -0.4 is 4.74 Å². The predicted molar refractivity (Wildman–Crippen MR) is 65.1 cm³/mol. The zero-order valence-electron chi connectivity index (χ0n) is 9.63. The Morgan fingerprint density at radius 1 is 1.50 bits per heavy atom. The molecule has 0 saturated carbocycles. The molecule has 0 heterocycles. The summed E-state index contributed by atoms with van der Waals surface area (Å²) in [6.07, 6.45) is 0. The van der Waals surface area contributed by atoms with Gasteiger partial charge in [0.2, 0.25) is 0 Å². The number of ether oxygens (including phenoxy) is 1.